The Morgan fingerprint density at radius 2 is 1.92 bits per heavy atom. The lowest BCUT2D eigenvalue weighted by Gasteiger charge is -2.09. The van der Waals surface area contributed by atoms with Gasteiger partial charge in [0.15, 0.2) is 0 Å². The van der Waals surface area contributed by atoms with E-state index in [1.807, 2.05) is 0 Å². The molecular weight excluding hydrogens is 376 g/mol. The van der Waals surface area contributed by atoms with Crippen molar-refractivity contribution < 1.29 is 27.3 Å². The van der Waals surface area contributed by atoms with E-state index < -0.39 is 34.1 Å². The Kier molecular flexibility index (Phi) is 5.86. The molecule has 5 nitrogen and oxygen atoms in total. The van der Waals surface area contributed by atoms with Gasteiger partial charge in [-0.2, -0.15) is 13.2 Å². The molecule has 0 saturated carbocycles. The van der Waals surface area contributed by atoms with E-state index in [4.69, 9.17) is 0 Å². The number of carbonyl (C=O) groups excluding carboxylic acids is 1. The highest BCUT2D eigenvalue weighted by atomic mass is 32.2. The van der Waals surface area contributed by atoms with Crippen LogP contribution in [0.3, 0.4) is 0 Å². The van der Waals surface area contributed by atoms with Crippen molar-refractivity contribution in [2.75, 3.05) is 11.1 Å². The second-order valence-electron chi connectivity index (χ2n) is 5.26. The molecule has 0 fully saturated rings. The van der Waals surface area contributed by atoms with Crippen molar-refractivity contribution in [3.63, 3.8) is 0 Å². The Hall–Kier alpha value is -2.62. The van der Waals surface area contributed by atoms with Gasteiger partial charge in [0.1, 0.15) is 5.82 Å². The number of amides is 1. The highest BCUT2D eigenvalue weighted by Gasteiger charge is 2.33. The van der Waals surface area contributed by atoms with E-state index in [9.17, 15) is 32.5 Å². The minimum absolute atomic E-state index is 0.0440. The molecule has 138 valence electrons. The van der Waals surface area contributed by atoms with Crippen LogP contribution in [0, 0.1) is 22.9 Å². The van der Waals surface area contributed by atoms with E-state index in [2.05, 4.69) is 5.32 Å². The van der Waals surface area contributed by atoms with Gasteiger partial charge in [-0.3, -0.25) is 14.9 Å². The van der Waals surface area contributed by atoms with Crippen molar-refractivity contribution in [3.8, 4) is 0 Å². The van der Waals surface area contributed by atoms with Gasteiger partial charge in [-0.05, 0) is 36.8 Å². The highest BCUT2D eigenvalue weighted by molar-refractivity contribution is 8.00. The molecule has 1 N–H and O–H groups in total. The van der Waals surface area contributed by atoms with E-state index >= 15 is 0 Å². The third kappa shape index (κ3) is 4.94. The Labute approximate surface area is 149 Å². The van der Waals surface area contributed by atoms with Gasteiger partial charge in [-0.1, -0.05) is 6.07 Å². The number of thioether (sulfide) groups is 1. The van der Waals surface area contributed by atoms with E-state index in [0.717, 1.165) is 6.07 Å². The van der Waals surface area contributed by atoms with Crippen LogP contribution in [-0.4, -0.2) is 16.6 Å². The highest BCUT2D eigenvalue weighted by Crippen LogP contribution is 2.36. The van der Waals surface area contributed by atoms with Crippen molar-refractivity contribution in [1.29, 1.82) is 0 Å². The van der Waals surface area contributed by atoms with Crippen molar-refractivity contribution in [3.05, 3.63) is 63.5 Å². The van der Waals surface area contributed by atoms with Gasteiger partial charge in [0, 0.05) is 6.07 Å². The minimum atomic E-state index is -4.71. The van der Waals surface area contributed by atoms with Gasteiger partial charge in [-0.25, -0.2) is 4.39 Å². The monoisotopic (exact) mass is 388 g/mol. The van der Waals surface area contributed by atoms with Gasteiger partial charge in [0.05, 0.1) is 26.8 Å². The number of nitrogens with zero attached hydrogens (tertiary/aromatic N) is 1. The van der Waals surface area contributed by atoms with Gasteiger partial charge >= 0.3 is 6.18 Å². The van der Waals surface area contributed by atoms with Crippen molar-refractivity contribution >= 4 is 29.0 Å². The molecule has 0 radical (unpaired) electrons. The van der Waals surface area contributed by atoms with Crippen LogP contribution in [0.15, 0.2) is 41.3 Å². The number of hydrogen-bond donors (Lipinski definition) is 1. The van der Waals surface area contributed by atoms with E-state index in [1.54, 1.807) is 6.92 Å². The first-order chi connectivity index (χ1) is 12.1. The second-order valence-corrected chi connectivity index (χ2v) is 6.27. The summed E-state index contributed by atoms with van der Waals surface area (Å²) in [4.78, 5) is 21.9. The summed E-state index contributed by atoms with van der Waals surface area (Å²) in [6, 6.07) is 6.17. The number of hydrogen-bond acceptors (Lipinski definition) is 4. The Bertz CT molecular complexity index is 856. The smallest absolute Gasteiger partial charge is 0.323 e. The summed E-state index contributed by atoms with van der Waals surface area (Å²) in [5.41, 5.74) is -1.23. The number of nitro benzene ring substituents is 1. The number of anilines is 1. The van der Waals surface area contributed by atoms with Crippen molar-refractivity contribution in [2.24, 2.45) is 0 Å². The summed E-state index contributed by atoms with van der Waals surface area (Å²) < 4.78 is 51.6. The number of aryl methyl sites for hydroxylation is 1. The summed E-state index contributed by atoms with van der Waals surface area (Å²) in [5.74, 6) is -1.62. The summed E-state index contributed by atoms with van der Waals surface area (Å²) in [5, 5.41) is 13.3. The molecule has 0 aliphatic rings. The molecule has 0 spiro atoms. The van der Waals surface area contributed by atoms with Crippen LogP contribution in [0.25, 0.3) is 0 Å². The Morgan fingerprint density at radius 3 is 2.54 bits per heavy atom. The third-order valence-corrected chi connectivity index (χ3v) is 4.30. The number of nitrogens with one attached hydrogen (secondary N) is 1. The topological polar surface area (TPSA) is 72.2 Å². The maximum Gasteiger partial charge on any atom is 0.416 e. The second kappa shape index (κ2) is 7.73. The standard InChI is InChI=1S/C16H12F4N2O3S/c1-9-2-4-11(17)12(6-9)21-15(23)8-26-14-5-3-10(16(18,19)20)7-13(14)22(24)25/h2-7H,8H2,1H3,(H,21,23). The number of benzene rings is 2. The molecule has 0 aromatic heterocycles. The van der Waals surface area contributed by atoms with Crippen molar-refractivity contribution in [2.45, 2.75) is 18.0 Å². The quantitative estimate of drug-likeness (QED) is 0.346. The molecule has 0 atom stereocenters. The largest absolute Gasteiger partial charge is 0.416 e. The molecule has 1 amide bonds. The number of carbonyl (C=O) groups is 1. The van der Waals surface area contributed by atoms with Gasteiger partial charge in [-0.15, -0.1) is 11.8 Å². The first-order valence-electron chi connectivity index (χ1n) is 7.12. The summed E-state index contributed by atoms with van der Waals surface area (Å²) in [6.45, 7) is 1.70. The van der Waals surface area contributed by atoms with E-state index in [0.29, 0.717) is 29.5 Å². The fourth-order valence-electron chi connectivity index (χ4n) is 2.02. The fourth-order valence-corrected chi connectivity index (χ4v) is 2.83. The molecule has 26 heavy (non-hydrogen) atoms. The van der Waals surface area contributed by atoms with Gasteiger partial charge in [0.2, 0.25) is 5.91 Å². The average Bonchev–Trinajstić information content (AvgIpc) is 2.55. The van der Waals surface area contributed by atoms with Gasteiger partial charge in [0.25, 0.3) is 5.69 Å². The Morgan fingerprint density at radius 1 is 1.23 bits per heavy atom. The maximum atomic E-state index is 13.6. The van der Waals surface area contributed by atoms with Crippen LogP contribution in [0.1, 0.15) is 11.1 Å². The SMILES string of the molecule is Cc1ccc(F)c(NC(=O)CSc2ccc(C(F)(F)F)cc2[N+](=O)[O-])c1. The summed E-state index contributed by atoms with van der Waals surface area (Å²) in [7, 11) is 0. The molecule has 0 aliphatic heterocycles. The van der Waals surface area contributed by atoms with Crippen molar-refractivity contribution in [1.82, 2.24) is 0 Å². The van der Waals surface area contributed by atoms with Crippen LogP contribution < -0.4 is 5.32 Å². The molecule has 0 saturated heterocycles. The minimum Gasteiger partial charge on any atom is -0.323 e. The molecule has 0 aliphatic carbocycles. The van der Waals surface area contributed by atoms with Crippen LogP contribution in [0.4, 0.5) is 28.9 Å². The summed E-state index contributed by atoms with van der Waals surface area (Å²) >= 11 is 0.689. The number of alkyl halides is 3. The van der Waals surface area contributed by atoms with E-state index in [-0.39, 0.29) is 16.3 Å². The molecule has 2 aromatic rings. The van der Waals surface area contributed by atoms with Crippen LogP contribution >= 0.6 is 11.8 Å². The Balaban J connectivity index is 2.12. The number of rotatable bonds is 5. The first-order valence-corrected chi connectivity index (χ1v) is 8.11. The third-order valence-electron chi connectivity index (χ3n) is 3.24. The normalized spacial score (nSPS) is 11.3. The van der Waals surface area contributed by atoms with Crippen LogP contribution in [0.2, 0.25) is 0 Å². The van der Waals surface area contributed by atoms with Crippen LogP contribution in [-0.2, 0) is 11.0 Å². The number of nitro groups is 1. The molecule has 0 bridgehead atoms. The average molecular weight is 388 g/mol. The summed E-state index contributed by atoms with van der Waals surface area (Å²) in [6.07, 6.45) is -4.71. The zero-order valence-corrected chi connectivity index (χ0v) is 14.1. The molecule has 0 unspecified atom stereocenters. The lowest BCUT2D eigenvalue weighted by Crippen LogP contribution is -2.15. The van der Waals surface area contributed by atoms with Gasteiger partial charge < -0.3 is 5.32 Å². The van der Waals surface area contributed by atoms with Crippen LogP contribution in [0.5, 0.6) is 0 Å². The van der Waals surface area contributed by atoms with E-state index in [1.165, 1.54) is 18.2 Å². The zero-order chi connectivity index (χ0) is 19.5. The predicted molar refractivity (Wildman–Crippen MR) is 88.6 cm³/mol. The molecule has 2 rings (SSSR count). The zero-order valence-electron chi connectivity index (χ0n) is 13.3. The fraction of sp³-hybridized carbons (Fsp3) is 0.188. The molecular formula is C16H12F4N2O3S. The maximum absolute atomic E-state index is 13.6. The molecule has 2 aromatic carbocycles. The number of halogens is 4. The molecule has 10 heteroatoms. The molecule has 0 heterocycles. The first kappa shape index (κ1) is 19.7. The lowest BCUT2D eigenvalue weighted by atomic mass is 10.2. The lowest BCUT2D eigenvalue weighted by molar-refractivity contribution is -0.388. The predicted octanol–water partition coefficient (Wildman–Crippen LogP) is 4.79.